The number of nitrogens with two attached hydrogens (primary N) is 1. The number of hydrogen-bond acceptors (Lipinski definition) is 2. The van der Waals surface area contributed by atoms with Crippen LogP contribution in [-0.4, -0.2) is 6.09 Å². The summed E-state index contributed by atoms with van der Waals surface area (Å²) in [6.45, 7) is 1.83. The molecule has 0 saturated heterocycles. The van der Waals surface area contributed by atoms with Crippen molar-refractivity contribution in [1.29, 1.82) is 0 Å². The molecule has 1 atom stereocenters. The molecule has 2 rings (SSSR count). The Hall–Kier alpha value is -1.51. The van der Waals surface area contributed by atoms with E-state index in [1.54, 1.807) is 0 Å². The van der Waals surface area contributed by atoms with Gasteiger partial charge in [-0.05, 0) is 36.8 Å². The summed E-state index contributed by atoms with van der Waals surface area (Å²) >= 11 is 0. The lowest BCUT2D eigenvalue weighted by Gasteiger charge is -2.12. The first-order valence-electron chi connectivity index (χ1n) is 5.23. The predicted molar refractivity (Wildman–Crippen MR) is 57.5 cm³/mol. The first-order valence-corrected chi connectivity index (χ1v) is 5.23. The lowest BCUT2D eigenvalue weighted by molar-refractivity contribution is 0.116. The van der Waals surface area contributed by atoms with Crippen LogP contribution in [0.1, 0.15) is 42.9 Å². The lowest BCUT2D eigenvalue weighted by atomic mass is 10.0. The summed E-state index contributed by atoms with van der Waals surface area (Å²) in [5, 5.41) is 0. The van der Waals surface area contributed by atoms with Gasteiger partial charge in [-0.2, -0.15) is 0 Å². The van der Waals surface area contributed by atoms with Crippen molar-refractivity contribution >= 4 is 6.09 Å². The van der Waals surface area contributed by atoms with Crippen LogP contribution in [0.3, 0.4) is 0 Å². The molecule has 1 unspecified atom stereocenters. The minimum Gasteiger partial charge on any atom is -0.442 e. The van der Waals surface area contributed by atoms with E-state index in [2.05, 4.69) is 12.1 Å². The second-order valence-electron chi connectivity index (χ2n) is 4.02. The van der Waals surface area contributed by atoms with Gasteiger partial charge in [0.15, 0.2) is 0 Å². The van der Waals surface area contributed by atoms with Gasteiger partial charge in [0.1, 0.15) is 6.10 Å². The number of carbonyl (C=O) groups excluding carboxylic acids is 1. The highest BCUT2D eigenvalue weighted by atomic mass is 16.6. The highest BCUT2D eigenvalue weighted by molar-refractivity contribution is 5.65. The Morgan fingerprint density at radius 2 is 2.27 bits per heavy atom. The molecule has 1 aromatic carbocycles. The molecule has 80 valence electrons. The second kappa shape index (κ2) is 3.93. The highest BCUT2D eigenvalue weighted by Crippen LogP contribution is 2.40. The summed E-state index contributed by atoms with van der Waals surface area (Å²) in [5.41, 5.74) is 7.33. The molecule has 3 heteroatoms. The van der Waals surface area contributed by atoms with E-state index in [9.17, 15) is 4.79 Å². The standard InChI is InChI=1S/C12H15NO2/c1-8(15-12(13)14)10-3-2-4-11(7-10)9-5-6-9/h2-4,7-9H,5-6H2,1H3,(H2,13,14). The quantitative estimate of drug-likeness (QED) is 0.824. The van der Waals surface area contributed by atoms with Gasteiger partial charge in [0, 0.05) is 0 Å². The second-order valence-corrected chi connectivity index (χ2v) is 4.02. The van der Waals surface area contributed by atoms with E-state index in [4.69, 9.17) is 10.5 Å². The molecule has 0 aliphatic heterocycles. The average Bonchev–Trinajstić information content (AvgIpc) is 3.00. The van der Waals surface area contributed by atoms with E-state index >= 15 is 0 Å². The third-order valence-corrected chi connectivity index (χ3v) is 2.72. The van der Waals surface area contributed by atoms with E-state index in [0.717, 1.165) is 5.56 Å². The molecule has 1 aliphatic rings. The van der Waals surface area contributed by atoms with Crippen molar-refractivity contribution in [2.75, 3.05) is 0 Å². The molecule has 1 aromatic rings. The van der Waals surface area contributed by atoms with Gasteiger partial charge in [0.25, 0.3) is 0 Å². The van der Waals surface area contributed by atoms with Gasteiger partial charge < -0.3 is 10.5 Å². The fraction of sp³-hybridized carbons (Fsp3) is 0.417. The van der Waals surface area contributed by atoms with Gasteiger partial charge in [0.05, 0.1) is 0 Å². The SMILES string of the molecule is CC(OC(N)=O)c1cccc(C2CC2)c1. The highest BCUT2D eigenvalue weighted by Gasteiger charge is 2.24. The van der Waals surface area contributed by atoms with Crippen LogP contribution < -0.4 is 5.73 Å². The summed E-state index contributed by atoms with van der Waals surface area (Å²) in [4.78, 5) is 10.6. The zero-order chi connectivity index (χ0) is 10.8. The van der Waals surface area contributed by atoms with E-state index in [0.29, 0.717) is 5.92 Å². The first kappa shape index (κ1) is 10.0. The lowest BCUT2D eigenvalue weighted by Crippen LogP contribution is -2.15. The molecule has 0 heterocycles. The van der Waals surface area contributed by atoms with Crippen LogP contribution >= 0.6 is 0 Å². The Bertz CT molecular complexity index is 372. The Morgan fingerprint density at radius 1 is 1.53 bits per heavy atom. The number of amides is 1. The molecular weight excluding hydrogens is 190 g/mol. The summed E-state index contributed by atoms with van der Waals surface area (Å²) < 4.78 is 4.93. The number of benzene rings is 1. The molecule has 0 radical (unpaired) electrons. The van der Waals surface area contributed by atoms with Gasteiger partial charge in [-0.3, -0.25) is 0 Å². The molecule has 0 spiro atoms. The van der Waals surface area contributed by atoms with Crippen molar-refractivity contribution in [2.24, 2.45) is 5.73 Å². The van der Waals surface area contributed by atoms with Gasteiger partial charge in [-0.1, -0.05) is 24.3 Å². The molecule has 15 heavy (non-hydrogen) atoms. The smallest absolute Gasteiger partial charge is 0.405 e. The fourth-order valence-electron chi connectivity index (χ4n) is 1.72. The molecule has 0 aromatic heterocycles. The summed E-state index contributed by atoms with van der Waals surface area (Å²) in [6, 6.07) is 8.19. The summed E-state index contributed by atoms with van der Waals surface area (Å²) in [7, 11) is 0. The van der Waals surface area contributed by atoms with Gasteiger partial charge in [-0.25, -0.2) is 4.79 Å². The van der Waals surface area contributed by atoms with Crippen LogP contribution in [0.25, 0.3) is 0 Å². The fourth-order valence-corrected chi connectivity index (χ4v) is 1.72. The van der Waals surface area contributed by atoms with Crippen molar-refractivity contribution in [3.05, 3.63) is 35.4 Å². The maximum Gasteiger partial charge on any atom is 0.405 e. The summed E-state index contributed by atoms with van der Waals surface area (Å²) in [5.74, 6) is 0.714. The third-order valence-electron chi connectivity index (χ3n) is 2.72. The molecule has 3 nitrogen and oxygen atoms in total. The van der Waals surface area contributed by atoms with Crippen LogP contribution in [0.15, 0.2) is 24.3 Å². The number of carbonyl (C=O) groups is 1. The van der Waals surface area contributed by atoms with Crippen molar-refractivity contribution in [3.63, 3.8) is 0 Å². The summed E-state index contributed by atoms with van der Waals surface area (Å²) in [6.07, 6.45) is 1.56. The molecule has 2 N–H and O–H groups in total. The molecular formula is C12H15NO2. The number of ether oxygens (including phenoxy) is 1. The normalized spacial score (nSPS) is 17.1. The third kappa shape index (κ3) is 2.49. The average molecular weight is 205 g/mol. The van der Waals surface area contributed by atoms with E-state index in [1.807, 2.05) is 19.1 Å². The predicted octanol–water partition coefficient (Wildman–Crippen LogP) is 2.72. The molecule has 1 aliphatic carbocycles. The molecule has 1 fully saturated rings. The van der Waals surface area contributed by atoms with Crippen LogP contribution in [0.2, 0.25) is 0 Å². The Morgan fingerprint density at radius 3 is 2.87 bits per heavy atom. The molecule has 0 bridgehead atoms. The van der Waals surface area contributed by atoms with Crippen LogP contribution in [0, 0.1) is 0 Å². The largest absolute Gasteiger partial charge is 0.442 e. The minimum absolute atomic E-state index is 0.263. The minimum atomic E-state index is -0.723. The zero-order valence-electron chi connectivity index (χ0n) is 8.77. The number of hydrogen-bond donors (Lipinski definition) is 1. The van der Waals surface area contributed by atoms with Crippen LogP contribution in [-0.2, 0) is 4.74 Å². The Labute approximate surface area is 89.2 Å². The first-order chi connectivity index (χ1) is 7.16. The van der Waals surface area contributed by atoms with Gasteiger partial charge in [-0.15, -0.1) is 0 Å². The topological polar surface area (TPSA) is 52.3 Å². The zero-order valence-corrected chi connectivity index (χ0v) is 8.77. The van der Waals surface area contributed by atoms with Crippen molar-refractivity contribution in [1.82, 2.24) is 0 Å². The van der Waals surface area contributed by atoms with Crippen molar-refractivity contribution in [3.8, 4) is 0 Å². The van der Waals surface area contributed by atoms with Crippen molar-refractivity contribution < 1.29 is 9.53 Å². The van der Waals surface area contributed by atoms with Crippen molar-refractivity contribution in [2.45, 2.75) is 31.8 Å². The maximum atomic E-state index is 10.6. The monoisotopic (exact) mass is 205 g/mol. The maximum absolute atomic E-state index is 10.6. The number of rotatable bonds is 3. The van der Waals surface area contributed by atoms with E-state index in [1.165, 1.54) is 18.4 Å². The van der Waals surface area contributed by atoms with E-state index in [-0.39, 0.29) is 6.10 Å². The molecule has 1 amide bonds. The van der Waals surface area contributed by atoms with Gasteiger partial charge in [0.2, 0.25) is 0 Å². The number of primary amides is 1. The van der Waals surface area contributed by atoms with Gasteiger partial charge >= 0.3 is 6.09 Å². The Balaban J connectivity index is 2.12. The van der Waals surface area contributed by atoms with Crippen LogP contribution in [0.4, 0.5) is 4.79 Å². The van der Waals surface area contributed by atoms with E-state index < -0.39 is 6.09 Å². The Kier molecular flexibility index (Phi) is 2.62. The van der Waals surface area contributed by atoms with Crippen LogP contribution in [0.5, 0.6) is 0 Å². The molecule has 1 saturated carbocycles.